The van der Waals surface area contributed by atoms with Crippen molar-refractivity contribution in [2.24, 2.45) is 11.8 Å². The number of nitrogens with zero attached hydrogens (tertiary/aromatic N) is 6. The predicted octanol–water partition coefficient (Wildman–Crippen LogP) is 0.130. The summed E-state index contributed by atoms with van der Waals surface area (Å²) in [5.74, 6) is 1.60. The highest BCUT2D eigenvalue weighted by molar-refractivity contribution is 5.92. The highest BCUT2D eigenvalue weighted by Gasteiger charge is 2.39. The van der Waals surface area contributed by atoms with E-state index >= 15 is 0 Å². The van der Waals surface area contributed by atoms with E-state index in [2.05, 4.69) is 30.3 Å². The molecule has 0 unspecified atom stereocenters. The molecular weight excluding hydrogens is 354 g/mol. The molecule has 154 valence electrons. The number of amides is 1. The molecule has 5 heterocycles. The summed E-state index contributed by atoms with van der Waals surface area (Å²) in [6, 6.07) is 0.533. The minimum Gasteiger partial charge on any atom is -0.335 e. The topological polar surface area (TPSA) is 69.5 Å². The SMILES string of the molecule is O=C(c1cn(CCN2CCNCC2)nn1)N1C[C@H]2CC[C@@H](C1)N(CC1CC1)C2. The molecule has 4 saturated heterocycles. The van der Waals surface area contributed by atoms with Crippen LogP contribution in [0.15, 0.2) is 6.20 Å². The van der Waals surface area contributed by atoms with Crippen molar-refractivity contribution < 1.29 is 4.79 Å². The van der Waals surface area contributed by atoms with Crippen molar-refractivity contribution in [2.45, 2.75) is 38.3 Å². The van der Waals surface area contributed by atoms with Gasteiger partial charge in [0.2, 0.25) is 0 Å². The Morgan fingerprint density at radius 3 is 2.75 bits per heavy atom. The molecule has 2 atom stereocenters. The fourth-order valence-electron chi connectivity index (χ4n) is 5.05. The Morgan fingerprint density at radius 2 is 1.93 bits per heavy atom. The fourth-order valence-corrected chi connectivity index (χ4v) is 5.05. The zero-order chi connectivity index (χ0) is 18.9. The third-order valence-electron chi connectivity index (χ3n) is 6.92. The first-order valence-electron chi connectivity index (χ1n) is 11.1. The second-order valence-electron chi connectivity index (χ2n) is 9.16. The molecule has 1 aromatic heterocycles. The first-order valence-corrected chi connectivity index (χ1v) is 11.1. The van der Waals surface area contributed by atoms with Crippen molar-refractivity contribution in [3.05, 3.63) is 11.9 Å². The van der Waals surface area contributed by atoms with Crippen LogP contribution in [0.5, 0.6) is 0 Å². The number of rotatable bonds is 6. The molecule has 4 aliphatic heterocycles. The maximum absolute atomic E-state index is 13.1. The molecule has 8 nitrogen and oxygen atoms in total. The van der Waals surface area contributed by atoms with E-state index in [1.165, 1.54) is 38.8 Å². The number of carbonyl (C=O) groups excluding carboxylic acids is 1. The van der Waals surface area contributed by atoms with Gasteiger partial charge in [0.05, 0.1) is 12.7 Å². The van der Waals surface area contributed by atoms with Gasteiger partial charge >= 0.3 is 0 Å². The van der Waals surface area contributed by atoms with Gasteiger partial charge in [-0.2, -0.15) is 0 Å². The van der Waals surface area contributed by atoms with Gasteiger partial charge in [0.1, 0.15) is 0 Å². The summed E-state index contributed by atoms with van der Waals surface area (Å²) in [5.41, 5.74) is 0.510. The van der Waals surface area contributed by atoms with Crippen LogP contribution < -0.4 is 5.32 Å². The van der Waals surface area contributed by atoms with Crippen molar-refractivity contribution in [3.63, 3.8) is 0 Å². The van der Waals surface area contributed by atoms with E-state index in [9.17, 15) is 4.79 Å². The molecule has 1 aromatic rings. The second kappa shape index (κ2) is 8.08. The van der Waals surface area contributed by atoms with Crippen molar-refractivity contribution in [3.8, 4) is 0 Å². The lowest BCUT2D eigenvalue weighted by Crippen LogP contribution is -2.45. The zero-order valence-electron chi connectivity index (χ0n) is 16.8. The Morgan fingerprint density at radius 1 is 1.07 bits per heavy atom. The Kier molecular flexibility index (Phi) is 5.34. The number of piperazine rings is 1. The van der Waals surface area contributed by atoms with Crippen LogP contribution in [0.4, 0.5) is 0 Å². The molecule has 5 aliphatic rings. The largest absolute Gasteiger partial charge is 0.335 e. The average Bonchev–Trinajstić information content (AvgIpc) is 3.48. The number of carbonyl (C=O) groups is 1. The molecule has 0 radical (unpaired) electrons. The van der Waals surface area contributed by atoms with E-state index in [0.717, 1.165) is 58.3 Å². The van der Waals surface area contributed by atoms with Crippen LogP contribution in [-0.2, 0) is 6.54 Å². The molecule has 8 heteroatoms. The number of hydrogen-bond acceptors (Lipinski definition) is 6. The summed E-state index contributed by atoms with van der Waals surface area (Å²) in [4.78, 5) is 20.3. The lowest BCUT2D eigenvalue weighted by Gasteiger charge is -2.36. The minimum absolute atomic E-state index is 0.0681. The number of nitrogens with one attached hydrogen (secondary N) is 1. The van der Waals surface area contributed by atoms with Crippen molar-refractivity contribution >= 4 is 5.91 Å². The second-order valence-corrected chi connectivity index (χ2v) is 9.16. The lowest BCUT2D eigenvalue weighted by molar-refractivity contribution is 0.0730. The van der Waals surface area contributed by atoms with Crippen LogP contribution in [0, 0.1) is 11.8 Å². The van der Waals surface area contributed by atoms with Gasteiger partial charge in [0.15, 0.2) is 5.69 Å². The molecule has 1 N–H and O–H groups in total. The van der Waals surface area contributed by atoms with E-state index in [1.807, 2.05) is 10.9 Å². The summed E-state index contributed by atoms with van der Waals surface area (Å²) in [6.45, 7) is 10.2. The summed E-state index contributed by atoms with van der Waals surface area (Å²) < 4.78 is 1.83. The van der Waals surface area contributed by atoms with Crippen molar-refractivity contribution in [1.82, 2.24) is 35.0 Å². The van der Waals surface area contributed by atoms with E-state index in [-0.39, 0.29) is 5.91 Å². The molecule has 1 aliphatic carbocycles. The van der Waals surface area contributed by atoms with Crippen LogP contribution in [0.3, 0.4) is 0 Å². The third kappa shape index (κ3) is 4.23. The van der Waals surface area contributed by atoms with Gasteiger partial charge in [-0.15, -0.1) is 5.10 Å². The van der Waals surface area contributed by atoms with Crippen molar-refractivity contribution in [1.29, 1.82) is 0 Å². The molecule has 1 saturated carbocycles. The van der Waals surface area contributed by atoms with Crippen LogP contribution >= 0.6 is 0 Å². The molecule has 0 spiro atoms. The zero-order valence-corrected chi connectivity index (χ0v) is 16.8. The van der Waals surface area contributed by atoms with Crippen LogP contribution in [0.25, 0.3) is 0 Å². The summed E-state index contributed by atoms with van der Waals surface area (Å²) in [5, 5.41) is 11.8. The molecule has 6 rings (SSSR count). The minimum atomic E-state index is 0.0681. The van der Waals surface area contributed by atoms with E-state index in [1.54, 1.807) is 0 Å². The average molecular weight is 388 g/mol. The Hall–Kier alpha value is -1.51. The number of hydrogen-bond donors (Lipinski definition) is 1. The van der Waals surface area contributed by atoms with E-state index in [4.69, 9.17) is 0 Å². The maximum atomic E-state index is 13.1. The molecule has 5 fully saturated rings. The van der Waals surface area contributed by atoms with Gasteiger partial charge in [-0.25, -0.2) is 0 Å². The van der Waals surface area contributed by atoms with Gasteiger partial charge in [-0.05, 0) is 37.5 Å². The summed E-state index contributed by atoms with van der Waals surface area (Å²) in [6.07, 6.45) is 7.13. The number of piperidine rings is 1. The van der Waals surface area contributed by atoms with Crippen LogP contribution in [0.1, 0.15) is 36.2 Å². The molecule has 1 amide bonds. The monoisotopic (exact) mass is 387 g/mol. The highest BCUT2D eigenvalue weighted by Crippen LogP contribution is 2.35. The normalized spacial score (nSPS) is 29.2. The molecule has 0 aromatic carbocycles. The Balaban J connectivity index is 1.18. The molecule has 2 bridgehead atoms. The third-order valence-corrected chi connectivity index (χ3v) is 6.92. The van der Waals surface area contributed by atoms with Crippen molar-refractivity contribution in [2.75, 3.05) is 58.9 Å². The standard InChI is InChI=1S/C20H33N7O/c28-20(19-15-27(23-22-19)10-9-24-7-5-21-6-8-24)26-13-17-3-4-18(14-26)25(12-17)11-16-1-2-16/h15-18,21H,1-14H2/t17-,18-/m0/s1. The quantitative estimate of drug-likeness (QED) is 0.748. The van der Waals surface area contributed by atoms with Gasteiger partial charge in [-0.3, -0.25) is 19.3 Å². The Bertz CT molecular complexity index is 682. The number of aromatic nitrogens is 3. The van der Waals surface area contributed by atoms with E-state index < -0.39 is 0 Å². The number of fused-ring (bicyclic) bond motifs is 4. The summed E-state index contributed by atoms with van der Waals surface area (Å²) >= 11 is 0. The fraction of sp³-hybridized carbons (Fsp3) is 0.850. The van der Waals surface area contributed by atoms with Gasteiger partial charge in [0.25, 0.3) is 5.91 Å². The summed E-state index contributed by atoms with van der Waals surface area (Å²) in [7, 11) is 0. The van der Waals surface area contributed by atoms with E-state index in [0.29, 0.717) is 17.7 Å². The van der Waals surface area contributed by atoms with Crippen LogP contribution in [-0.4, -0.2) is 101 Å². The first-order chi connectivity index (χ1) is 13.7. The highest BCUT2D eigenvalue weighted by atomic mass is 16.2. The Labute approximate surface area is 167 Å². The first kappa shape index (κ1) is 18.5. The predicted molar refractivity (Wildman–Crippen MR) is 106 cm³/mol. The maximum Gasteiger partial charge on any atom is 0.276 e. The lowest BCUT2D eigenvalue weighted by atomic mass is 9.95. The smallest absolute Gasteiger partial charge is 0.276 e. The molecular formula is C20H33N7O. The van der Waals surface area contributed by atoms with Gasteiger partial charge < -0.3 is 10.2 Å². The van der Waals surface area contributed by atoms with Gasteiger partial charge in [0, 0.05) is 64.9 Å². The van der Waals surface area contributed by atoms with Crippen LogP contribution in [0.2, 0.25) is 0 Å². The molecule has 28 heavy (non-hydrogen) atoms. The van der Waals surface area contributed by atoms with Gasteiger partial charge in [-0.1, -0.05) is 5.21 Å².